The average Bonchev–Trinajstić information content (AvgIpc) is 2.90. The van der Waals surface area contributed by atoms with Gasteiger partial charge < -0.3 is 9.73 Å². The quantitative estimate of drug-likeness (QED) is 0.849. The summed E-state index contributed by atoms with van der Waals surface area (Å²) in [5.41, 5.74) is 0. The lowest BCUT2D eigenvalue weighted by molar-refractivity contribution is 0.292. The van der Waals surface area contributed by atoms with Gasteiger partial charge >= 0.3 is 0 Å². The summed E-state index contributed by atoms with van der Waals surface area (Å²) in [6.45, 7) is 7.65. The van der Waals surface area contributed by atoms with Crippen LogP contribution in [0.1, 0.15) is 83.0 Å². The summed E-state index contributed by atoms with van der Waals surface area (Å²) in [4.78, 5) is 0. The summed E-state index contributed by atoms with van der Waals surface area (Å²) >= 11 is 0. The first-order chi connectivity index (χ1) is 9.24. The molecule has 19 heavy (non-hydrogen) atoms. The molecule has 1 atom stereocenters. The van der Waals surface area contributed by atoms with Crippen LogP contribution in [0.3, 0.4) is 0 Å². The summed E-state index contributed by atoms with van der Waals surface area (Å²) in [6.07, 6.45) is 7.08. The smallest absolute Gasteiger partial charge is 0.233 e. The van der Waals surface area contributed by atoms with Crippen LogP contribution in [0.25, 0.3) is 0 Å². The van der Waals surface area contributed by atoms with Crippen molar-refractivity contribution in [3.05, 3.63) is 11.8 Å². The van der Waals surface area contributed by atoms with Crippen molar-refractivity contribution >= 4 is 0 Å². The number of hydrogen-bond acceptors (Lipinski definition) is 4. The second kappa shape index (κ2) is 7.04. The van der Waals surface area contributed by atoms with Crippen LogP contribution >= 0.6 is 0 Å². The molecule has 0 aromatic carbocycles. The van der Waals surface area contributed by atoms with Gasteiger partial charge in [-0.1, -0.05) is 20.8 Å². The fourth-order valence-electron chi connectivity index (χ4n) is 2.78. The first-order valence-electron chi connectivity index (χ1n) is 7.81. The lowest BCUT2D eigenvalue weighted by atomic mass is 9.83. The van der Waals surface area contributed by atoms with E-state index < -0.39 is 0 Å². The summed E-state index contributed by atoms with van der Waals surface area (Å²) in [5.74, 6) is 2.97. The van der Waals surface area contributed by atoms with E-state index in [4.69, 9.17) is 4.42 Å². The Balaban J connectivity index is 1.97. The molecular weight excluding hydrogens is 238 g/mol. The van der Waals surface area contributed by atoms with Crippen LogP contribution in [0.4, 0.5) is 0 Å². The standard InChI is InChI=1S/C15H27N3O/c1-4-10-16-13(5-2)15-18-17-14(19-15)12-8-6-11(3)7-9-12/h11-13,16H,4-10H2,1-3H3. The highest BCUT2D eigenvalue weighted by molar-refractivity contribution is 4.96. The second-order valence-corrected chi connectivity index (χ2v) is 5.85. The SMILES string of the molecule is CCCNC(CC)c1nnc(C2CCC(C)CC2)o1. The van der Waals surface area contributed by atoms with Crippen molar-refractivity contribution < 1.29 is 4.42 Å². The van der Waals surface area contributed by atoms with Gasteiger partial charge in [-0.05, 0) is 51.0 Å². The van der Waals surface area contributed by atoms with Gasteiger partial charge in [0.05, 0.1) is 6.04 Å². The number of hydrogen-bond donors (Lipinski definition) is 1. The molecule has 1 heterocycles. The van der Waals surface area contributed by atoms with E-state index in [1.807, 2.05) is 0 Å². The van der Waals surface area contributed by atoms with Crippen LogP contribution in [0.2, 0.25) is 0 Å². The maximum atomic E-state index is 5.92. The Morgan fingerprint density at radius 1 is 1.21 bits per heavy atom. The minimum Gasteiger partial charge on any atom is -0.423 e. The minimum atomic E-state index is 0.212. The zero-order chi connectivity index (χ0) is 13.7. The molecule has 0 bridgehead atoms. The third-order valence-electron chi connectivity index (χ3n) is 4.17. The number of nitrogens with zero attached hydrogens (tertiary/aromatic N) is 2. The Morgan fingerprint density at radius 2 is 1.95 bits per heavy atom. The molecule has 1 unspecified atom stereocenters. The Labute approximate surface area is 116 Å². The fraction of sp³-hybridized carbons (Fsp3) is 0.867. The van der Waals surface area contributed by atoms with E-state index in [1.54, 1.807) is 0 Å². The zero-order valence-electron chi connectivity index (χ0n) is 12.5. The van der Waals surface area contributed by atoms with E-state index in [2.05, 4.69) is 36.3 Å². The third kappa shape index (κ3) is 3.78. The number of rotatable bonds is 6. The van der Waals surface area contributed by atoms with Crippen molar-refractivity contribution in [1.82, 2.24) is 15.5 Å². The van der Waals surface area contributed by atoms with E-state index in [1.165, 1.54) is 25.7 Å². The van der Waals surface area contributed by atoms with Gasteiger partial charge in [-0.15, -0.1) is 10.2 Å². The monoisotopic (exact) mass is 265 g/mol. The molecule has 1 aliphatic carbocycles. The lowest BCUT2D eigenvalue weighted by Gasteiger charge is -2.23. The Hall–Kier alpha value is -0.900. The highest BCUT2D eigenvalue weighted by Crippen LogP contribution is 2.35. The molecule has 1 saturated carbocycles. The molecule has 0 aliphatic heterocycles. The minimum absolute atomic E-state index is 0.212. The maximum absolute atomic E-state index is 5.92. The van der Waals surface area contributed by atoms with Crippen molar-refractivity contribution in [1.29, 1.82) is 0 Å². The predicted octanol–water partition coefficient (Wildman–Crippen LogP) is 3.81. The van der Waals surface area contributed by atoms with Crippen LogP contribution in [-0.2, 0) is 0 Å². The average molecular weight is 265 g/mol. The van der Waals surface area contributed by atoms with Gasteiger partial charge in [0.1, 0.15) is 0 Å². The van der Waals surface area contributed by atoms with Crippen molar-refractivity contribution in [2.45, 2.75) is 71.3 Å². The van der Waals surface area contributed by atoms with E-state index in [9.17, 15) is 0 Å². The summed E-state index contributed by atoms with van der Waals surface area (Å²) in [6, 6.07) is 0.212. The first-order valence-corrected chi connectivity index (χ1v) is 7.81. The zero-order valence-corrected chi connectivity index (χ0v) is 12.5. The van der Waals surface area contributed by atoms with Gasteiger partial charge in [-0.25, -0.2) is 0 Å². The first kappa shape index (κ1) is 14.5. The number of nitrogens with one attached hydrogen (secondary N) is 1. The molecule has 0 saturated heterocycles. The van der Waals surface area contributed by atoms with E-state index in [0.717, 1.165) is 37.1 Å². The van der Waals surface area contributed by atoms with Crippen LogP contribution in [0.5, 0.6) is 0 Å². The Bertz CT molecular complexity index is 350. The molecule has 1 aromatic heterocycles. The molecule has 108 valence electrons. The molecule has 0 amide bonds. The van der Waals surface area contributed by atoms with Crippen LogP contribution in [0, 0.1) is 5.92 Å². The van der Waals surface area contributed by atoms with Gasteiger partial charge in [0, 0.05) is 5.92 Å². The second-order valence-electron chi connectivity index (χ2n) is 5.85. The van der Waals surface area contributed by atoms with Crippen LogP contribution in [-0.4, -0.2) is 16.7 Å². The topological polar surface area (TPSA) is 51.0 Å². The molecule has 1 aliphatic rings. The van der Waals surface area contributed by atoms with Gasteiger partial charge in [0.2, 0.25) is 11.8 Å². The van der Waals surface area contributed by atoms with Gasteiger partial charge in [0.15, 0.2) is 0 Å². The van der Waals surface area contributed by atoms with Crippen molar-refractivity contribution in [2.75, 3.05) is 6.54 Å². The Morgan fingerprint density at radius 3 is 2.58 bits per heavy atom. The molecule has 2 rings (SSSR count). The highest BCUT2D eigenvalue weighted by Gasteiger charge is 2.25. The number of aromatic nitrogens is 2. The van der Waals surface area contributed by atoms with Crippen molar-refractivity contribution in [3.63, 3.8) is 0 Å². The summed E-state index contributed by atoms with van der Waals surface area (Å²) in [5, 5.41) is 12.0. The van der Waals surface area contributed by atoms with E-state index in [0.29, 0.717) is 5.92 Å². The van der Waals surface area contributed by atoms with Gasteiger partial charge in [0.25, 0.3) is 0 Å². The lowest BCUT2D eigenvalue weighted by Crippen LogP contribution is -2.21. The maximum Gasteiger partial charge on any atom is 0.233 e. The molecule has 0 radical (unpaired) electrons. The van der Waals surface area contributed by atoms with Crippen LogP contribution in [0.15, 0.2) is 4.42 Å². The summed E-state index contributed by atoms with van der Waals surface area (Å²) < 4.78 is 5.92. The van der Waals surface area contributed by atoms with Gasteiger partial charge in [-0.3, -0.25) is 0 Å². The third-order valence-corrected chi connectivity index (χ3v) is 4.17. The molecule has 1 aromatic rings. The molecule has 4 heteroatoms. The predicted molar refractivity (Wildman–Crippen MR) is 76.0 cm³/mol. The molecule has 1 N–H and O–H groups in total. The molecule has 0 spiro atoms. The van der Waals surface area contributed by atoms with Gasteiger partial charge in [-0.2, -0.15) is 0 Å². The van der Waals surface area contributed by atoms with Crippen LogP contribution < -0.4 is 5.32 Å². The molecule has 1 fully saturated rings. The van der Waals surface area contributed by atoms with Crippen molar-refractivity contribution in [3.8, 4) is 0 Å². The fourth-order valence-corrected chi connectivity index (χ4v) is 2.78. The highest BCUT2D eigenvalue weighted by atomic mass is 16.4. The van der Waals surface area contributed by atoms with E-state index in [-0.39, 0.29) is 6.04 Å². The van der Waals surface area contributed by atoms with Crippen molar-refractivity contribution in [2.24, 2.45) is 5.92 Å². The largest absolute Gasteiger partial charge is 0.423 e. The molecule has 4 nitrogen and oxygen atoms in total. The summed E-state index contributed by atoms with van der Waals surface area (Å²) in [7, 11) is 0. The molecular formula is C15H27N3O. The normalized spacial score (nSPS) is 25.4. The van der Waals surface area contributed by atoms with E-state index >= 15 is 0 Å². The Kier molecular flexibility index (Phi) is 5.37.